The lowest BCUT2D eigenvalue weighted by molar-refractivity contribution is -0.131. The van der Waals surface area contributed by atoms with Crippen LogP contribution in [0.25, 0.3) is 11.0 Å². The zero-order chi connectivity index (χ0) is 28.0. The monoisotopic (exact) mass is 527 g/mol. The molecular formula is C24H33N9O5. The first kappa shape index (κ1) is 28.2. The SMILES string of the molecule is C[C@@H]1CCN(C(=O)CC#N)C[C@@H]1N(C)c1ncnc2c1ccn2C(=O)NNC(=O)CNC(=O)OC(C)(C)C. The fourth-order valence-corrected chi connectivity index (χ4v) is 4.19. The molecule has 2 aromatic heterocycles. The summed E-state index contributed by atoms with van der Waals surface area (Å²) in [6, 6.07) is 2.88. The first-order valence-electron chi connectivity index (χ1n) is 12.2. The largest absolute Gasteiger partial charge is 0.444 e. The number of alkyl carbamates (subject to hydrolysis) is 1. The van der Waals surface area contributed by atoms with Crippen LogP contribution in [-0.2, 0) is 14.3 Å². The van der Waals surface area contributed by atoms with Crippen molar-refractivity contribution in [3.63, 3.8) is 0 Å². The third kappa shape index (κ3) is 6.87. The number of aromatic nitrogens is 3. The number of likely N-dealkylation sites (N-methyl/N-ethyl adjacent to an activating group) is 1. The van der Waals surface area contributed by atoms with Gasteiger partial charge in [-0.2, -0.15) is 5.26 Å². The van der Waals surface area contributed by atoms with E-state index in [2.05, 4.69) is 33.1 Å². The van der Waals surface area contributed by atoms with Gasteiger partial charge in [-0.25, -0.2) is 25.0 Å². The van der Waals surface area contributed by atoms with Crippen LogP contribution in [0.3, 0.4) is 0 Å². The number of carbonyl (C=O) groups is 4. The maximum atomic E-state index is 12.7. The van der Waals surface area contributed by atoms with Crippen LogP contribution in [0.1, 0.15) is 40.5 Å². The number of nitrogens with zero attached hydrogens (tertiary/aromatic N) is 6. The average molecular weight is 528 g/mol. The highest BCUT2D eigenvalue weighted by Gasteiger charge is 2.33. The van der Waals surface area contributed by atoms with Crippen molar-refractivity contribution in [2.75, 3.05) is 31.6 Å². The van der Waals surface area contributed by atoms with Gasteiger partial charge in [0.2, 0.25) is 5.91 Å². The molecule has 0 radical (unpaired) electrons. The zero-order valence-corrected chi connectivity index (χ0v) is 22.1. The van der Waals surface area contributed by atoms with E-state index in [1.54, 1.807) is 31.7 Å². The van der Waals surface area contributed by atoms with E-state index in [9.17, 15) is 19.2 Å². The van der Waals surface area contributed by atoms with Crippen LogP contribution in [0.4, 0.5) is 15.4 Å². The summed E-state index contributed by atoms with van der Waals surface area (Å²) < 4.78 is 6.28. The van der Waals surface area contributed by atoms with Crippen LogP contribution >= 0.6 is 0 Å². The van der Waals surface area contributed by atoms with Crippen molar-refractivity contribution < 1.29 is 23.9 Å². The number of nitriles is 1. The summed E-state index contributed by atoms with van der Waals surface area (Å²) in [5, 5.41) is 11.8. The Morgan fingerprint density at radius 1 is 1.24 bits per heavy atom. The maximum absolute atomic E-state index is 12.7. The van der Waals surface area contributed by atoms with Crippen molar-refractivity contribution in [2.45, 2.75) is 52.2 Å². The molecule has 3 heterocycles. The van der Waals surface area contributed by atoms with Crippen LogP contribution in [0.2, 0.25) is 0 Å². The van der Waals surface area contributed by atoms with E-state index in [4.69, 9.17) is 10.00 Å². The fourth-order valence-electron chi connectivity index (χ4n) is 4.19. The van der Waals surface area contributed by atoms with Gasteiger partial charge >= 0.3 is 12.1 Å². The quantitative estimate of drug-likeness (QED) is 0.481. The van der Waals surface area contributed by atoms with Crippen LogP contribution in [0.15, 0.2) is 18.6 Å². The van der Waals surface area contributed by atoms with Gasteiger partial charge < -0.3 is 19.9 Å². The Morgan fingerprint density at radius 2 is 1.97 bits per heavy atom. The molecule has 0 bridgehead atoms. The molecule has 38 heavy (non-hydrogen) atoms. The standard InChI is InChI=1S/C24H33N9O5/c1-15-7-10-32(19(35)6-9-25)13-17(15)31(5)20-16-8-11-33(21(16)28-14-27-20)22(36)30-29-18(34)12-26-23(37)38-24(2,3)4/h8,11,14-15,17H,6-7,10,12-13H2,1-5H3,(H,26,37)(H,29,34)(H,30,36)/t15-,17+/m1/s1. The molecule has 0 spiro atoms. The molecule has 204 valence electrons. The Hall–Kier alpha value is -4.41. The summed E-state index contributed by atoms with van der Waals surface area (Å²) >= 11 is 0. The second-order valence-electron chi connectivity index (χ2n) is 10.1. The Balaban J connectivity index is 1.67. The summed E-state index contributed by atoms with van der Waals surface area (Å²) in [7, 11) is 1.87. The van der Waals surface area contributed by atoms with Gasteiger partial charge in [0, 0.05) is 26.3 Å². The average Bonchev–Trinajstić information content (AvgIpc) is 3.29. The summed E-state index contributed by atoms with van der Waals surface area (Å²) in [4.78, 5) is 61.1. The van der Waals surface area contributed by atoms with Gasteiger partial charge in [-0.05, 0) is 39.2 Å². The lowest BCUT2D eigenvalue weighted by Crippen LogP contribution is -2.52. The van der Waals surface area contributed by atoms with Gasteiger partial charge in [-0.1, -0.05) is 6.92 Å². The van der Waals surface area contributed by atoms with Gasteiger partial charge in [0.05, 0.1) is 17.5 Å². The molecule has 3 N–H and O–H groups in total. The molecule has 1 aliphatic rings. The first-order valence-corrected chi connectivity index (χ1v) is 12.2. The number of amides is 4. The highest BCUT2D eigenvalue weighted by atomic mass is 16.6. The van der Waals surface area contributed by atoms with Gasteiger partial charge in [-0.15, -0.1) is 0 Å². The highest BCUT2D eigenvalue weighted by Crippen LogP contribution is 2.29. The van der Waals surface area contributed by atoms with E-state index in [1.165, 1.54) is 17.1 Å². The highest BCUT2D eigenvalue weighted by molar-refractivity contribution is 5.95. The number of nitrogens with one attached hydrogen (secondary N) is 3. The number of likely N-dealkylation sites (tertiary alicyclic amines) is 1. The third-order valence-corrected chi connectivity index (χ3v) is 6.11. The van der Waals surface area contributed by atoms with Crippen molar-refractivity contribution in [3.05, 3.63) is 18.6 Å². The molecule has 4 amide bonds. The normalized spacial score (nSPS) is 17.3. The number of anilines is 1. The molecule has 2 aromatic rings. The minimum Gasteiger partial charge on any atom is -0.444 e. The van der Waals surface area contributed by atoms with Crippen LogP contribution in [-0.4, -0.2) is 81.7 Å². The number of hydrogen-bond acceptors (Lipinski definition) is 9. The molecule has 0 saturated carbocycles. The number of fused-ring (bicyclic) bond motifs is 1. The van der Waals surface area contributed by atoms with Gasteiger partial charge in [-0.3, -0.25) is 19.6 Å². The number of hydrogen-bond donors (Lipinski definition) is 3. The number of piperidine rings is 1. The van der Waals surface area contributed by atoms with E-state index >= 15 is 0 Å². The van der Waals surface area contributed by atoms with Crippen LogP contribution in [0, 0.1) is 17.2 Å². The molecule has 0 aromatic carbocycles. The minimum absolute atomic E-state index is 0.0570. The van der Waals surface area contributed by atoms with E-state index < -0.39 is 30.2 Å². The Kier molecular flexibility index (Phi) is 8.72. The number of hydrazine groups is 1. The summed E-state index contributed by atoms with van der Waals surface area (Å²) in [6.45, 7) is 7.85. The van der Waals surface area contributed by atoms with Crippen LogP contribution in [0.5, 0.6) is 0 Å². The second-order valence-corrected chi connectivity index (χ2v) is 10.1. The van der Waals surface area contributed by atoms with Gasteiger partial charge in [0.15, 0.2) is 5.65 Å². The second kappa shape index (κ2) is 11.8. The molecule has 1 saturated heterocycles. The van der Waals surface area contributed by atoms with Gasteiger partial charge in [0.1, 0.15) is 30.7 Å². The van der Waals surface area contributed by atoms with E-state index in [-0.39, 0.29) is 24.3 Å². The topological polar surface area (TPSA) is 175 Å². The van der Waals surface area contributed by atoms with E-state index in [0.29, 0.717) is 29.9 Å². The predicted molar refractivity (Wildman–Crippen MR) is 137 cm³/mol. The Labute approximate surface area is 220 Å². The molecule has 1 fully saturated rings. The van der Waals surface area contributed by atoms with Crippen molar-refractivity contribution in [2.24, 2.45) is 5.92 Å². The molecule has 0 aliphatic carbocycles. The number of carbonyl (C=O) groups excluding carboxylic acids is 4. The lowest BCUT2D eigenvalue weighted by Gasteiger charge is -2.42. The van der Waals surface area contributed by atoms with Crippen LogP contribution < -0.4 is 21.1 Å². The first-order chi connectivity index (χ1) is 17.9. The number of ether oxygens (including phenoxy) is 1. The maximum Gasteiger partial charge on any atom is 0.408 e. The molecule has 2 atom stereocenters. The molecule has 3 rings (SSSR count). The minimum atomic E-state index is -0.756. The molecule has 1 aliphatic heterocycles. The van der Waals surface area contributed by atoms with Crippen molar-refractivity contribution in [1.82, 2.24) is 35.6 Å². The summed E-state index contributed by atoms with van der Waals surface area (Å²) in [6.07, 6.45) is 2.71. The van der Waals surface area contributed by atoms with Crippen molar-refractivity contribution in [3.8, 4) is 6.07 Å². The van der Waals surface area contributed by atoms with E-state index in [1.807, 2.05) is 18.0 Å². The summed E-state index contributed by atoms with van der Waals surface area (Å²) in [5.41, 5.74) is 4.13. The summed E-state index contributed by atoms with van der Waals surface area (Å²) in [5.74, 6) is -0.0149. The van der Waals surface area contributed by atoms with Crippen molar-refractivity contribution in [1.29, 1.82) is 5.26 Å². The van der Waals surface area contributed by atoms with E-state index in [0.717, 1.165) is 6.42 Å². The fraction of sp³-hybridized carbons (Fsp3) is 0.542. The molecule has 14 nitrogen and oxygen atoms in total. The Bertz CT molecular complexity index is 1250. The Morgan fingerprint density at radius 3 is 2.66 bits per heavy atom. The molecule has 0 unspecified atom stereocenters. The van der Waals surface area contributed by atoms with Gasteiger partial charge in [0.25, 0.3) is 5.91 Å². The van der Waals surface area contributed by atoms with Crippen molar-refractivity contribution >= 4 is 40.8 Å². The lowest BCUT2D eigenvalue weighted by atomic mass is 9.92. The molecular weight excluding hydrogens is 494 g/mol. The number of rotatable bonds is 5. The molecule has 14 heteroatoms. The zero-order valence-electron chi connectivity index (χ0n) is 22.1. The smallest absolute Gasteiger partial charge is 0.408 e. The third-order valence-electron chi connectivity index (χ3n) is 6.11. The predicted octanol–water partition coefficient (Wildman–Crippen LogP) is 1.13.